The Morgan fingerprint density at radius 1 is 1.10 bits per heavy atom. The molecule has 3 heterocycles. The van der Waals surface area contributed by atoms with Gasteiger partial charge in [0.05, 0.1) is 11.4 Å². The highest BCUT2D eigenvalue weighted by Gasteiger charge is 2.07. The smallest absolute Gasteiger partial charge is 0.112 e. The van der Waals surface area contributed by atoms with E-state index in [0.717, 1.165) is 41.6 Å². The van der Waals surface area contributed by atoms with Crippen molar-refractivity contribution in [3.05, 3.63) is 65.5 Å². The van der Waals surface area contributed by atoms with E-state index in [4.69, 9.17) is 0 Å². The normalized spacial score (nSPS) is 10.9. The molecule has 0 fully saturated rings. The summed E-state index contributed by atoms with van der Waals surface area (Å²) in [6.07, 6.45) is 7.26. The van der Waals surface area contributed by atoms with Gasteiger partial charge in [0.1, 0.15) is 11.6 Å². The molecule has 102 valence electrons. The Kier molecular flexibility index (Phi) is 3.33. The van der Waals surface area contributed by atoms with Crippen LogP contribution in [0.4, 0.5) is 0 Å². The highest BCUT2D eigenvalue weighted by atomic mass is 15.0. The number of nitrogens with zero attached hydrogens (tertiary/aromatic N) is 4. The van der Waals surface area contributed by atoms with Crippen molar-refractivity contribution < 1.29 is 0 Å². The molecule has 0 aliphatic rings. The molecule has 0 spiro atoms. The largest absolute Gasteiger partial charge is 0.348 e. The number of pyridine rings is 1. The van der Waals surface area contributed by atoms with Crippen molar-refractivity contribution in [2.45, 2.75) is 19.8 Å². The molecule has 0 saturated carbocycles. The van der Waals surface area contributed by atoms with Gasteiger partial charge in [-0.05, 0) is 19.1 Å². The number of aromatic nitrogens is 5. The van der Waals surface area contributed by atoms with E-state index >= 15 is 0 Å². The first-order valence-corrected chi connectivity index (χ1v) is 6.62. The van der Waals surface area contributed by atoms with Crippen molar-refractivity contribution >= 4 is 0 Å². The second-order valence-electron chi connectivity index (χ2n) is 4.90. The summed E-state index contributed by atoms with van der Waals surface area (Å²) < 4.78 is 2.02. The van der Waals surface area contributed by atoms with Gasteiger partial charge in [-0.3, -0.25) is 4.98 Å². The van der Waals surface area contributed by atoms with Gasteiger partial charge < -0.3 is 9.55 Å². The van der Waals surface area contributed by atoms with Crippen LogP contribution in [0, 0.1) is 6.92 Å². The van der Waals surface area contributed by atoms with Crippen LogP contribution in [0.1, 0.15) is 28.7 Å². The molecular formula is C15H17N5. The summed E-state index contributed by atoms with van der Waals surface area (Å²) in [5.74, 6) is 1.95. The van der Waals surface area contributed by atoms with Gasteiger partial charge in [0.25, 0.3) is 0 Å². The summed E-state index contributed by atoms with van der Waals surface area (Å²) in [6.45, 7) is 2.00. The molecule has 5 heteroatoms. The van der Waals surface area contributed by atoms with E-state index in [0.29, 0.717) is 0 Å². The number of hydrogen-bond acceptors (Lipinski definition) is 3. The van der Waals surface area contributed by atoms with Crippen LogP contribution in [-0.4, -0.2) is 24.5 Å². The number of aryl methyl sites for hydroxylation is 2. The summed E-state index contributed by atoms with van der Waals surface area (Å²) in [4.78, 5) is 16.6. The molecule has 3 aromatic heterocycles. The van der Waals surface area contributed by atoms with Crippen molar-refractivity contribution in [3.63, 3.8) is 0 Å². The summed E-state index contributed by atoms with van der Waals surface area (Å²) in [6, 6.07) is 5.92. The number of aromatic amines is 1. The van der Waals surface area contributed by atoms with E-state index in [1.54, 1.807) is 6.20 Å². The van der Waals surface area contributed by atoms with Crippen molar-refractivity contribution in [2.24, 2.45) is 7.05 Å². The average Bonchev–Trinajstić information content (AvgIpc) is 2.99. The zero-order valence-electron chi connectivity index (χ0n) is 11.7. The summed E-state index contributed by atoms with van der Waals surface area (Å²) >= 11 is 0. The molecule has 1 N–H and O–H groups in total. The SMILES string of the molecule is Cc1nc(Cc2nc(Cc3ccccn3)c[nH]2)cn1C. The lowest BCUT2D eigenvalue weighted by Gasteiger charge is -1.95. The van der Waals surface area contributed by atoms with Crippen LogP contribution in [0.3, 0.4) is 0 Å². The first kappa shape index (κ1) is 12.6. The lowest BCUT2D eigenvalue weighted by molar-refractivity contribution is 0.858. The van der Waals surface area contributed by atoms with Crippen LogP contribution in [0.2, 0.25) is 0 Å². The number of hydrogen-bond donors (Lipinski definition) is 1. The molecule has 3 rings (SSSR count). The average molecular weight is 267 g/mol. The van der Waals surface area contributed by atoms with Gasteiger partial charge >= 0.3 is 0 Å². The molecule has 0 bridgehead atoms. The van der Waals surface area contributed by atoms with E-state index in [1.165, 1.54) is 0 Å². The van der Waals surface area contributed by atoms with Gasteiger partial charge in [0, 0.05) is 44.2 Å². The first-order valence-electron chi connectivity index (χ1n) is 6.62. The molecule has 0 unspecified atom stereocenters. The quantitative estimate of drug-likeness (QED) is 0.787. The van der Waals surface area contributed by atoms with E-state index in [-0.39, 0.29) is 0 Å². The fraction of sp³-hybridized carbons (Fsp3) is 0.267. The van der Waals surface area contributed by atoms with Crippen molar-refractivity contribution in [1.82, 2.24) is 24.5 Å². The number of nitrogens with one attached hydrogen (secondary N) is 1. The summed E-state index contributed by atoms with van der Waals surface area (Å²) in [7, 11) is 2.00. The third kappa shape index (κ3) is 2.77. The molecule has 0 aromatic carbocycles. The Balaban J connectivity index is 1.70. The van der Waals surface area contributed by atoms with Crippen LogP contribution in [0.25, 0.3) is 0 Å². The molecule has 0 atom stereocenters. The van der Waals surface area contributed by atoms with Crippen LogP contribution < -0.4 is 0 Å². The molecule has 0 radical (unpaired) electrons. The second kappa shape index (κ2) is 5.28. The fourth-order valence-electron chi connectivity index (χ4n) is 2.16. The maximum atomic E-state index is 4.59. The zero-order chi connectivity index (χ0) is 13.9. The predicted molar refractivity (Wildman–Crippen MR) is 76.4 cm³/mol. The van der Waals surface area contributed by atoms with E-state index in [1.807, 2.05) is 49.1 Å². The zero-order valence-corrected chi connectivity index (χ0v) is 11.7. The minimum Gasteiger partial charge on any atom is -0.348 e. The minimum atomic E-state index is 0.726. The monoisotopic (exact) mass is 267 g/mol. The standard InChI is InChI=1S/C15H17N5/c1-11-18-14(10-20(11)2)8-15-17-9-13(19-15)7-12-5-3-4-6-16-12/h3-6,9-10H,7-8H2,1-2H3,(H,17,19). The van der Waals surface area contributed by atoms with Gasteiger partial charge in [-0.2, -0.15) is 0 Å². The summed E-state index contributed by atoms with van der Waals surface area (Å²) in [5.41, 5.74) is 3.06. The van der Waals surface area contributed by atoms with Gasteiger partial charge in [-0.25, -0.2) is 9.97 Å². The first-order chi connectivity index (χ1) is 9.70. The van der Waals surface area contributed by atoms with Crippen LogP contribution in [0.15, 0.2) is 36.8 Å². The van der Waals surface area contributed by atoms with Gasteiger partial charge in [-0.1, -0.05) is 6.07 Å². The second-order valence-corrected chi connectivity index (χ2v) is 4.90. The van der Waals surface area contributed by atoms with E-state index in [9.17, 15) is 0 Å². The fourth-order valence-corrected chi connectivity index (χ4v) is 2.16. The Bertz CT molecular complexity index is 677. The highest BCUT2D eigenvalue weighted by molar-refractivity contribution is 5.16. The highest BCUT2D eigenvalue weighted by Crippen LogP contribution is 2.09. The third-order valence-corrected chi connectivity index (χ3v) is 3.28. The Labute approximate surface area is 117 Å². The lowest BCUT2D eigenvalue weighted by atomic mass is 10.2. The molecular weight excluding hydrogens is 250 g/mol. The Morgan fingerprint density at radius 2 is 2.00 bits per heavy atom. The predicted octanol–water partition coefficient (Wildman–Crippen LogP) is 2.03. The molecule has 3 aromatic rings. The maximum Gasteiger partial charge on any atom is 0.112 e. The molecule has 0 aliphatic heterocycles. The van der Waals surface area contributed by atoms with Crippen LogP contribution >= 0.6 is 0 Å². The van der Waals surface area contributed by atoms with Crippen molar-refractivity contribution in [3.8, 4) is 0 Å². The molecule has 0 amide bonds. The molecule has 5 nitrogen and oxygen atoms in total. The number of imidazole rings is 2. The minimum absolute atomic E-state index is 0.726. The van der Waals surface area contributed by atoms with Gasteiger partial charge in [0.2, 0.25) is 0 Å². The number of rotatable bonds is 4. The van der Waals surface area contributed by atoms with Crippen LogP contribution in [0.5, 0.6) is 0 Å². The molecule has 20 heavy (non-hydrogen) atoms. The van der Waals surface area contributed by atoms with E-state index < -0.39 is 0 Å². The van der Waals surface area contributed by atoms with Crippen molar-refractivity contribution in [1.29, 1.82) is 0 Å². The number of H-pyrrole nitrogens is 1. The lowest BCUT2D eigenvalue weighted by Crippen LogP contribution is -1.94. The van der Waals surface area contributed by atoms with Crippen molar-refractivity contribution in [2.75, 3.05) is 0 Å². The van der Waals surface area contributed by atoms with Gasteiger partial charge in [0.15, 0.2) is 0 Å². The van der Waals surface area contributed by atoms with Gasteiger partial charge in [-0.15, -0.1) is 0 Å². The van der Waals surface area contributed by atoms with Crippen LogP contribution in [-0.2, 0) is 19.9 Å². The molecule has 0 aliphatic carbocycles. The third-order valence-electron chi connectivity index (χ3n) is 3.28. The Morgan fingerprint density at radius 3 is 2.70 bits per heavy atom. The topological polar surface area (TPSA) is 59.4 Å². The Hall–Kier alpha value is -2.43. The summed E-state index contributed by atoms with van der Waals surface area (Å²) in [5, 5.41) is 0. The molecule has 0 saturated heterocycles. The van der Waals surface area contributed by atoms with E-state index in [2.05, 4.69) is 19.9 Å². The maximum absolute atomic E-state index is 4.59.